The minimum Gasteiger partial charge on any atom is -0.351 e. The topological polar surface area (TPSA) is 65.8 Å². The van der Waals surface area contributed by atoms with Crippen LogP contribution >= 0.6 is 11.3 Å². The lowest BCUT2D eigenvalue weighted by Crippen LogP contribution is -2.55. The van der Waals surface area contributed by atoms with Crippen LogP contribution in [-0.4, -0.2) is 53.2 Å². The van der Waals surface area contributed by atoms with Gasteiger partial charge in [-0.3, -0.25) is 14.5 Å². The van der Waals surface area contributed by atoms with Crippen LogP contribution in [0.1, 0.15) is 9.75 Å². The summed E-state index contributed by atoms with van der Waals surface area (Å²) in [7, 11) is 3.60. The molecule has 1 fully saturated rings. The Morgan fingerprint density at radius 3 is 2.83 bits per heavy atom. The molecule has 0 bridgehead atoms. The van der Waals surface area contributed by atoms with E-state index in [9.17, 15) is 4.79 Å². The number of thiophene rings is 1. The van der Waals surface area contributed by atoms with Crippen molar-refractivity contribution in [2.24, 2.45) is 12.0 Å². The molecule has 0 saturated carbocycles. The minimum absolute atomic E-state index is 0.0594. The molecule has 0 spiro atoms. The number of guanidine groups is 1. The Balaban J connectivity index is 1.60. The number of carbonyl (C=O) groups is 1. The normalized spacial score (nSPS) is 16.0. The van der Waals surface area contributed by atoms with Crippen molar-refractivity contribution in [2.75, 3.05) is 31.6 Å². The lowest BCUT2D eigenvalue weighted by molar-refractivity contribution is -0.120. The van der Waals surface area contributed by atoms with Gasteiger partial charge < -0.3 is 15.1 Å². The Bertz CT molecular complexity index is 749. The number of anilines is 1. The summed E-state index contributed by atoms with van der Waals surface area (Å²) >= 11 is 1.77. The van der Waals surface area contributed by atoms with Gasteiger partial charge >= 0.3 is 0 Å². The van der Waals surface area contributed by atoms with E-state index < -0.39 is 0 Å². The standard InChI is InChI=1S/C16H22N6OS/c1-12-4-5-14(24-12)9-18-16(17-2)21-6-7-22(15(23)11-21)13-8-19-20(3)10-13/h4-5,8,10H,6-7,9,11H2,1-3H3,(H,17,18). The van der Waals surface area contributed by atoms with E-state index in [2.05, 4.69) is 34.5 Å². The summed E-state index contributed by atoms with van der Waals surface area (Å²) in [6.07, 6.45) is 3.58. The summed E-state index contributed by atoms with van der Waals surface area (Å²) < 4.78 is 1.71. The van der Waals surface area contributed by atoms with E-state index in [4.69, 9.17) is 0 Å². The molecule has 8 heteroatoms. The van der Waals surface area contributed by atoms with Gasteiger partial charge in [-0.15, -0.1) is 11.3 Å². The third-order valence-corrected chi connectivity index (χ3v) is 4.95. The molecule has 1 saturated heterocycles. The van der Waals surface area contributed by atoms with Gasteiger partial charge in [0.05, 0.1) is 18.4 Å². The Morgan fingerprint density at radius 2 is 2.25 bits per heavy atom. The zero-order valence-corrected chi connectivity index (χ0v) is 15.0. The molecule has 0 aromatic carbocycles. The first-order chi connectivity index (χ1) is 11.6. The van der Waals surface area contributed by atoms with E-state index in [1.165, 1.54) is 9.75 Å². The van der Waals surface area contributed by atoms with Gasteiger partial charge in [0.1, 0.15) is 6.54 Å². The van der Waals surface area contributed by atoms with Crippen molar-refractivity contribution >= 4 is 28.9 Å². The highest BCUT2D eigenvalue weighted by Gasteiger charge is 2.27. The van der Waals surface area contributed by atoms with E-state index >= 15 is 0 Å². The molecule has 7 nitrogen and oxygen atoms in total. The molecule has 1 N–H and O–H groups in total. The van der Waals surface area contributed by atoms with Crippen molar-refractivity contribution in [3.05, 3.63) is 34.3 Å². The second-order valence-electron chi connectivity index (χ2n) is 5.75. The van der Waals surface area contributed by atoms with Gasteiger partial charge in [-0.25, -0.2) is 0 Å². The summed E-state index contributed by atoms with van der Waals surface area (Å²) in [4.78, 5) is 23.1. The van der Waals surface area contributed by atoms with E-state index in [1.807, 2.05) is 18.1 Å². The van der Waals surface area contributed by atoms with Gasteiger partial charge in [-0.05, 0) is 19.1 Å². The number of piperazine rings is 1. The lowest BCUT2D eigenvalue weighted by Gasteiger charge is -2.35. The lowest BCUT2D eigenvalue weighted by atomic mass is 10.3. The molecule has 2 aromatic rings. The van der Waals surface area contributed by atoms with Gasteiger partial charge in [0.25, 0.3) is 0 Å². The number of rotatable bonds is 3. The molecule has 2 aromatic heterocycles. The predicted octanol–water partition coefficient (Wildman–Crippen LogP) is 1.21. The highest BCUT2D eigenvalue weighted by atomic mass is 32.1. The molecular weight excluding hydrogens is 324 g/mol. The van der Waals surface area contributed by atoms with E-state index in [-0.39, 0.29) is 5.91 Å². The number of aliphatic imine (C=N–C) groups is 1. The second-order valence-corrected chi connectivity index (χ2v) is 7.12. The molecule has 1 aliphatic rings. The summed E-state index contributed by atoms with van der Waals surface area (Å²) in [6, 6.07) is 4.23. The number of aromatic nitrogens is 2. The zero-order valence-electron chi connectivity index (χ0n) is 14.2. The minimum atomic E-state index is 0.0594. The fourth-order valence-electron chi connectivity index (χ4n) is 2.75. The largest absolute Gasteiger partial charge is 0.351 e. The van der Waals surface area contributed by atoms with Gasteiger partial charge in [0, 0.05) is 43.1 Å². The van der Waals surface area contributed by atoms with Crippen molar-refractivity contribution in [2.45, 2.75) is 13.5 Å². The van der Waals surface area contributed by atoms with E-state index in [0.29, 0.717) is 13.1 Å². The van der Waals surface area contributed by atoms with E-state index in [1.54, 1.807) is 34.2 Å². The van der Waals surface area contributed by atoms with Crippen molar-refractivity contribution in [3.8, 4) is 0 Å². The van der Waals surface area contributed by atoms with Gasteiger partial charge in [0.2, 0.25) is 5.91 Å². The van der Waals surface area contributed by atoms with E-state index in [0.717, 1.165) is 24.7 Å². The SMILES string of the molecule is CN=C(NCc1ccc(C)s1)N1CCN(c2cnn(C)c2)C(=O)C1. The Labute approximate surface area is 145 Å². The Hall–Kier alpha value is -2.35. The summed E-state index contributed by atoms with van der Waals surface area (Å²) in [5.41, 5.74) is 0.846. The fraction of sp³-hybridized carbons (Fsp3) is 0.438. The van der Waals surface area contributed by atoms with Crippen molar-refractivity contribution in [1.82, 2.24) is 20.0 Å². The second kappa shape index (κ2) is 7.04. The van der Waals surface area contributed by atoms with Crippen LogP contribution in [0.15, 0.2) is 29.5 Å². The number of hydrogen-bond acceptors (Lipinski definition) is 4. The summed E-state index contributed by atoms with van der Waals surface area (Å²) in [5, 5.41) is 7.48. The molecule has 1 amide bonds. The van der Waals surface area contributed by atoms with Crippen LogP contribution in [-0.2, 0) is 18.4 Å². The molecule has 24 heavy (non-hydrogen) atoms. The molecule has 128 valence electrons. The number of amides is 1. The van der Waals surface area contributed by atoms with Crippen molar-refractivity contribution in [1.29, 1.82) is 0 Å². The first-order valence-electron chi connectivity index (χ1n) is 7.87. The number of carbonyl (C=O) groups excluding carboxylic acids is 1. The number of hydrogen-bond donors (Lipinski definition) is 1. The predicted molar refractivity (Wildman–Crippen MR) is 96.4 cm³/mol. The number of aryl methyl sites for hydroxylation is 2. The summed E-state index contributed by atoms with van der Waals surface area (Å²) in [5.74, 6) is 0.824. The fourth-order valence-corrected chi connectivity index (χ4v) is 3.58. The highest BCUT2D eigenvalue weighted by Crippen LogP contribution is 2.17. The molecule has 0 aliphatic carbocycles. The maximum atomic E-state index is 12.5. The highest BCUT2D eigenvalue weighted by molar-refractivity contribution is 7.11. The number of nitrogens with one attached hydrogen (secondary N) is 1. The van der Waals surface area contributed by atoms with Crippen molar-refractivity contribution < 1.29 is 4.79 Å². The van der Waals surface area contributed by atoms with Crippen LogP contribution in [0.4, 0.5) is 5.69 Å². The van der Waals surface area contributed by atoms with Gasteiger partial charge in [-0.1, -0.05) is 0 Å². The molecule has 0 unspecified atom stereocenters. The third-order valence-electron chi connectivity index (χ3n) is 3.95. The van der Waals surface area contributed by atoms with Crippen LogP contribution in [0, 0.1) is 6.92 Å². The van der Waals surface area contributed by atoms with Gasteiger partial charge in [0.15, 0.2) is 5.96 Å². The van der Waals surface area contributed by atoms with Crippen LogP contribution in [0.3, 0.4) is 0 Å². The maximum absolute atomic E-state index is 12.5. The third kappa shape index (κ3) is 3.59. The molecule has 1 aliphatic heterocycles. The Kier molecular flexibility index (Phi) is 4.84. The number of nitrogens with zero attached hydrogens (tertiary/aromatic N) is 5. The maximum Gasteiger partial charge on any atom is 0.246 e. The molecule has 0 radical (unpaired) electrons. The van der Waals surface area contributed by atoms with Crippen molar-refractivity contribution in [3.63, 3.8) is 0 Å². The van der Waals surface area contributed by atoms with Crippen LogP contribution in [0.25, 0.3) is 0 Å². The Morgan fingerprint density at radius 1 is 1.42 bits per heavy atom. The monoisotopic (exact) mass is 346 g/mol. The smallest absolute Gasteiger partial charge is 0.246 e. The average Bonchev–Trinajstić information content (AvgIpc) is 3.16. The quantitative estimate of drug-likeness (QED) is 0.670. The average molecular weight is 346 g/mol. The van der Waals surface area contributed by atoms with Gasteiger partial charge in [-0.2, -0.15) is 5.10 Å². The molecule has 3 rings (SSSR count). The molecular formula is C16H22N6OS. The first kappa shape index (κ1) is 16.5. The zero-order chi connectivity index (χ0) is 17.1. The molecule has 3 heterocycles. The molecule has 0 atom stereocenters. The summed E-state index contributed by atoms with van der Waals surface area (Å²) in [6.45, 7) is 4.51. The van der Waals surface area contributed by atoms with Crippen LogP contribution in [0.2, 0.25) is 0 Å². The van der Waals surface area contributed by atoms with Crippen LogP contribution in [0.5, 0.6) is 0 Å². The van der Waals surface area contributed by atoms with Crippen LogP contribution < -0.4 is 10.2 Å². The first-order valence-corrected chi connectivity index (χ1v) is 8.68.